The van der Waals surface area contributed by atoms with E-state index in [9.17, 15) is 9.59 Å². The predicted octanol–water partition coefficient (Wildman–Crippen LogP) is 4.01. The molecule has 1 fully saturated rings. The number of fused-ring (bicyclic) bond motifs is 1. The molecule has 1 aliphatic heterocycles. The van der Waals surface area contributed by atoms with E-state index < -0.39 is 0 Å². The van der Waals surface area contributed by atoms with Crippen molar-refractivity contribution in [2.24, 2.45) is 0 Å². The number of hydrogen-bond acceptors (Lipinski definition) is 5. The van der Waals surface area contributed by atoms with Gasteiger partial charge in [0.25, 0.3) is 11.5 Å². The van der Waals surface area contributed by atoms with Crippen LogP contribution in [0, 0.1) is 4.77 Å². The number of amides is 1. The van der Waals surface area contributed by atoms with Crippen LogP contribution in [0.2, 0.25) is 0 Å². The average molecular weight is 481 g/mol. The molecule has 4 rings (SSSR count). The molecular formula is C26H32N4O3S. The lowest BCUT2D eigenvalue weighted by Gasteiger charge is -2.26. The molecule has 0 atom stereocenters. The summed E-state index contributed by atoms with van der Waals surface area (Å²) in [7, 11) is 1.63. The molecule has 2 N–H and O–H groups in total. The van der Waals surface area contributed by atoms with Crippen molar-refractivity contribution in [1.82, 2.24) is 19.8 Å². The molecule has 7 nitrogen and oxygen atoms in total. The molecule has 1 aromatic heterocycles. The van der Waals surface area contributed by atoms with Crippen LogP contribution in [0.3, 0.4) is 0 Å². The number of carbonyl (C=O) groups is 1. The Bertz CT molecular complexity index is 1240. The van der Waals surface area contributed by atoms with Gasteiger partial charge in [0.15, 0.2) is 4.77 Å². The van der Waals surface area contributed by atoms with Gasteiger partial charge in [-0.1, -0.05) is 30.7 Å². The van der Waals surface area contributed by atoms with Gasteiger partial charge < -0.3 is 15.0 Å². The fourth-order valence-corrected chi connectivity index (χ4v) is 4.67. The number of likely N-dealkylation sites (tertiary alicyclic amines) is 1. The van der Waals surface area contributed by atoms with E-state index in [0.29, 0.717) is 47.4 Å². The van der Waals surface area contributed by atoms with E-state index in [1.807, 2.05) is 0 Å². The van der Waals surface area contributed by atoms with Gasteiger partial charge in [0, 0.05) is 38.9 Å². The number of ether oxygens (including phenoxy) is 1. The number of carbonyl (C=O) groups excluding carboxylic acids is 1. The van der Waals surface area contributed by atoms with Gasteiger partial charge in [-0.3, -0.25) is 19.1 Å². The lowest BCUT2D eigenvalue weighted by molar-refractivity contribution is 0.0951. The van der Waals surface area contributed by atoms with E-state index in [2.05, 4.69) is 39.5 Å². The highest BCUT2D eigenvalue weighted by atomic mass is 32.1. The van der Waals surface area contributed by atoms with Gasteiger partial charge in [-0.2, -0.15) is 0 Å². The van der Waals surface area contributed by atoms with E-state index in [0.717, 1.165) is 12.1 Å². The van der Waals surface area contributed by atoms with E-state index in [1.54, 1.807) is 25.3 Å². The van der Waals surface area contributed by atoms with Crippen LogP contribution in [0.25, 0.3) is 10.9 Å². The highest BCUT2D eigenvalue weighted by Crippen LogP contribution is 2.14. The van der Waals surface area contributed by atoms with Crippen molar-refractivity contribution in [3.8, 4) is 0 Å². The fourth-order valence-electron chi connectivity index (χ4n) is 4.39. The highest BCUT2D eigenvalue weighted by molar-refractivity contribution is 7.71. The molecule has 1 aliphatic rings. The summed E-state index contributed by atoms with van der Waals surface area (Å²) in [4.78, 5) is 31.2. The van der Waals surface area contributed by atoms with Gasteiger partial charge in [0.2, 0.25) is 0 Å². The Hall–Kier alpha value is -2.81. The van der Waals surface area contributed by atoms with Gasteiger partial charge in [-0.05, 0) is 73.9 Å². The van der Waals surface area contributed by atoms with Crippen LogP contribution >= 0.6 is 12.2 Å². The van der Waals surface area contributed by atoms with Crippen molar-refractivity contribution in [2.75, 3.05) is 26.8 Å². The lowest BCUT2D eigenvalue weighted by atomic mass is 10.1. The molecule has 0 aliphatic carbocycles. The summed E-state index contributed by atoms with van der Waals surface area (Å²) in [5.74, 6) is -0.192. The minimum absolute atomic E-state index is 0.161. The summed E-state index contributed by atoms with van der Waals surface area (Å²) in [6, 6.07) is 13.5. The number of H-pyrrole nitrogens is 1. The van der Waals surface area contributed by atoms with Crippen molar-refractivity contribution in [3.05, 3.63) is 74.3 Å². The van der Waals surface area contributed by atoms with Gasteiger partial charge in [0.1, 0.15) is 0 Å². The summed E-state index contributed by atoms with van der Waals surface area (Å²) in [6.07, 6.45) is 4.61. The summed E-state index contributed by atoms with van der Waals surface area (Å²) >= 11 is 5.37. The molecule has 0 spiro atoms. The maximum Gasteiger partial charge on any atom is 0.262 e. The molecule has 0 unspecified atom stereocenters. The van der Waals surface area contributed by atoms with E-state index in [4.69, 9.17) is 17.0 Å². The zero-order valence-corrected chi connectivity index (χ0v) is 20.5. The first-order chi connectivity index (χ1) is 16.5. The largest absolute Gasteiger partial charge is 0.385 e. The maximum atomic E-state index is 12.8. The Kier molecular flexibility index (Phi) is 8.26. The molecule has 1 amide bonds. The van der Waals surface area contributed by atoms with Gasteiger partial charge in [-0.25, -0.2) is 0 Å². The molecule has 3 aromatic rings. The SMILES string of the molecule is COCCCn1c(=S)[nH]c2cc(C(=O)NCc3ccc(CN4CCCCC4)cc3)ccc2c1=O. The highest BCUT2D eigenvalue weighted by Gasteiger charge is 2.12. The molecular weight excluding hydrogens is 448 g/mol. The van der Waals surface area contributed by atoms with Gasteiger partial charge in [0.05, 0.1) is 10.9 Å². The van der Waals surface area contributed by atoms with Crippen LogP contribution in [-0.2, 0) is 24.4 Å². The zero-order chi connectivity index (χ0) is 23.9. The molecule has 180 valence electrons. The molecule has 0 radical (unpaired) electrons. The monoisotopic (exact) mass is 480 g/mol. The maximum absolute atomic E-state index is 12.8. The normalized spacial score (nSPS) is 14.4. The van der Waals surface area contributed by atoms with Gasteiger partial charge >= 0.3 is 0 Å². The molecule has 1 saturated heterocycles. The van der Waals surface area contributed by atoms with Crippen LogP contribution < -0.4 is 10.9 Å². The van der Waals surface area contributed by atoms with Crippen LogP contribution in [-0.4, -0.2) is 47.2 Å². The Morgan fingerprint density at radius 3 is 2.56 bits per heavy atom. The first kappa shape index (κ1) is 24.3. The van der Waals surface area contributed by atoms with Crippen LogP contribution in [0.15, 0.2) is 47.3 Å². The van der Waals surface area contributed by atoms with Crippen molar-refractivity contribution in [1.29, 1.82) is 0 Å². The third-order valence-electron chi connectivity index (χ3n) is 6.31. The summed E-state index contributed by atoms with van der Waals surface area (Å²) in [5.41, 5.74) is 3.24. The second-order valence-electron chi connectivity index (χ2n) is 8.83. The minimum Gasteiger partial charge on any atom is -0.385 e. The Morgan fingerprint density at radius 2 is 1.82 bits per heavy atom. The van der Waals surface area contributed by atoms with Crippen LogP contribution in [0.5, 0.6) is 0 Å². The number of methoxy groups -OCH3 is 1. The third kappa shape index (κ3) is 6.00. The smallest absolute Gasteiger partial charge is 0.262 e. The van der Waals surface area contributed by atoms with Crippen molar-refractivity contribution in [3.63, 3.8) is 0 Å². The average Bonchev–Trinajstić information content (AvgIpc) is 2.85. The Morgan fingerprint density at radius 1 is 1.09 bits per heavy atom. The number of rotatable bonds is 9. The standard InChI is InChI=1S/C26H32N4O3S/c1-33-15-5-14-30-25(32)22-11-10-21(16-23(22)28-26(30)34)24(31)27-17-19-6-8-20(9-7-19)18-29-12-3-2-4-13-29/h6-11,16H,2-5,12-15,17-18H2,1H3,(H,27,31)(H,28,34). The van der Waals surface area contributed by atoms with E-state index in [-0.39, 0.29) is 11.5 Å². The van der Waals surface area contributed by atoms with E-state index >= 15 is 0 Å². The van der Waals surface area contributed by atoms with E-state index in [1.165, 1.54) is 42.5 Å². The van der Waals surface area contributed by atoms with Crippen molar-refractivity contribution >= 4 is 29.0 Å². The van der Waals surface area contributed by atoms with Crippen molar-refractivity contribution < 1.29 is 9.53 Å². The number of aromatic amines is 1. The third-order valence-corrected chi connectivity index (χ3v) is 6.63. The summed E-state index contributed by atoms with van der Waals surface area (Å²) in [6.45, 7) is 4.82. The van der Waals surface area contributed by atoms with Gasteiger partial charge in [-0.15, -0.1) is 0 Å². The topological polar surface area (TPSA) is 79.4 Å². The zero-order valence-electron chi connectivity index (χ0n) is 19.6. The molecule has 2 aromatic carbocycles. The summed E-state index contributed by atoms with van der Waals surface area (Å²) < 4.78 is 6.93. The first-order valence-corrected chi connectivity index (χ1v) is 12.3. The molecule has 8 heteroatoms. The minimum atomic E-state index is -0.192. The summed E-state index contributed by atoms with van der Waals surface area (Å²) in [5, 5.41) is 3.48. The number of nitrogens with zero attached hydrogens (tertiary/aromatic N) is 2. The molecule has 0 saturated carbocycles. The Balaban J connectivity index is 1.39. The second-order valence-corrected chi connectivity index (χ2v) is 9.22. The second kappa shape index (κ2) is 11.6. The fraction of sp³-hybridized carbons (Fsp3) is 0.423. The quantitative estimate of drug-likeness (QED) is 0.357. The number of nitrogens with one attached hydrogen (secondary N) is 2. The van der Waals surface area contributed by atoms with Crippen LogP contribution in [0.1, 0.15) is 47.2 Å². The lowest BCUT2D eigenvalue weighted by Crippen LogP contribution is -2.29. The van der Waals surface area contributed by atoms with Crippen LogP contribution in [0.4, 0.5) is 0 Å². The molecule has 2 heterocycles. The predicted molar refractivity (Wildman–Crippen MR) is 137 cm³/mol. The number of hydrogen-bond donors (Lipinski definition) is 2. The number of benzene rings is 2. The number of aromatic nitrogens is 2. The molecule has 0 bridgehead atoms. The first-order valence-electron chi connectivity index (χ1n) is 11.9. The van der Waals surface area contributed by atoms with Crippen molar-refractivity contribution in [2.45, 2.75) is 45.3 Å². The number of piperidine rings is 1. The Labute approximate surface area is 204 Å². The molecule has 34 heavy (non-hydrogen) atoms.